The highest BCUT2D eigenvalue weighted by molar-refractivity contribution is 5.57. The van der Waals surface area contributed by atoms with Gasteiger partial charge in [0.25, 0.3) is 0 Å². The van der Waals surface area contributed by atoms with Crippen molar-refractivity contribution in [2.75, 3.05) is 0 Å². The molecule has 27 heavy (non-hydrogen) atoms. The first-order valence-corrected chi connectivity index (χ1v) is 5.28. The maximum absolute atomic E-state index is 9.59. The van der Waals surface area contributed by atoms with E-state index in [9.17, 15) is 4.79 Å². The fourth-order valence-corrected chi connectivity index (χ4v) is 0.202. The third-order valence-electron chi connectivity index (χ3n) is 0.337. The van der Waals surface area contributed by atoms with Gasteiger partial charge in [-0.05, 0) is 13.8 Å². The van der Waals surface area contributed by atoms with Gasteiger partial charge in [0.2, 0.25) is 0 Å². The molecule has 0 aromatic carbocycles. The molecule has 0 radical (unpaired) electrons. The van der Waals surface area contributed by atoms with Crippen molar-refractivity contribution in [2.45, 2.75) is 20.0 Å². The molecular weight excluding hydrogens is 396 g/mol. The van der Waals surface area contributed by atoms with Crippen LogP contribution in [0.5, 0.6) is 0 Å². The maximum atomic E-state index is 9.59. The van der Waals surface area contributed by atoms with Gasteiger partial charge in [0.1, 0.15) is 0 Å². The molecule has 0 aliphatic carbocycles. The Morgan fingerprint density at radius 1 is 0.481 bits per heavy atom. The summed E-state index contributed by atoms with van der Waals surface area (Å²) in [5.41, 5.74) is 0. The van der Waals surface area contributed by atoms with E-state index in [1.165, 1.54) is 0 Å². The zero-order chi connectivity index (χ0) is 23.7. The Hall–Kier alpha value is -4.38. The molecule has 0 atom stereocenters. The minimum atomic E-state index is -1.83. The van der Waals surface area contributed by atoms with Crippen molar-refractivity contribution in [3.63, 3.8) is 0 Å². The van der Waals surface area contributed by atoms with Crippen molar-refractivity contribution < 1.29 is 89.7 Å². The van der Waals surface area contributed by atoms with E-state index in [2.05, 4.69) is 4.74 Å². The monoisotopic (exact) mass is 414 g/mol. The van der Waals surface area contributed by atoms with Gasteiger partial charge in [-0.25, -0.2) is 28.8 Å². The molecule has 11 N–H and O–H groups in total. The molecule has 0 aliphatic heterocycles. The number of hydrogen-bond donors (Lipinski definition) is 11. The van der Waals surface area contributed by atoms with Crippen LogP contribution in [0.2, 0.25) is 0 Å². The van der Waals surface area contributed by atoms with E-state index in [4.69, 9.17) is 80.1 Å². The van der Waals surface area contributed by atoms with Crippen LogP contribution in [0, 0.1) is 0 Å². The van der Waals surface area contributed by atoms with Gasteiger partial charge in [0.05, 0.1) is 6.10 Å². The molecule has 18 nitrogen and oxygen atoms in total. The van der Waals surface area contributed by atoms with E-state index in [0.29, 0.717) is 0 Å². The summed E-state index contributed by atoms with van der Waals surface area (Å²) in [6.45, 7) is 3.32. The molecule has 0 heterocycles. The predicted octanol–water partition coefficient (Wildman–Crippen LogP) is 2.20. The molecule has 0 aromatic rings. The lowest BCUT2D eigenvalue weighted by Gasteiger charge is -1.99. The molecule has 0 unspecified atom stereocenters. The molecule has 0 saturated heterocycles. The Labute approximate surface area is 148 Å². The molecule has 0 bridgehead atoms. The van der Waals surface area contributed by atoms with Gasteiger partial charge < -0.3 is 60.9 Å². The number of carbonyl (C=O) groups is 6. The Morgan fingerprint density at radius 2 is 0.593 bits per heavy atom. The molecular formula is C9H18O18. The van der Waals surface area contributed by atoms with E-state index in [1.807, 2.05) is 0 Å². The van der Waals surface area contributed by atoms with Crippen LogP contribution in [-0.4, -0.2) is 99.2 Å². The highest BCUT2D eigenvalue weighted by Gasteiger charge is 1.97. The Balaban J connectivity index is -0.0000000500. The Kier molecular flexibility index (Phi) is 42.0. The summed E-state index contributed by atoms with van der Waals surface area (Å²) in [4.78, 5) is 52.4. The van der Waals surface area contributed by atoms with Crippen molar-refractivity contribution in [3.05, 3.63) is 0 Å². The summed E-state index contributed by atoms with van der Waals surface area (Å²) in [6.07, 6.45) is -10.6. The predicted molar refractivity (Wildman–Crippen MR) is 77.5 cm³/mol. The maximum Gasteiger partial charge on any atom is 0.506 e. The fraction of sp³-hybridized carbons (Fsp3) is 0.333. The van der Waals surface area contributed by atoms with Gasteiger partial charge in [-0.15, -0.1) is 0 Å². The number of rotatable bonds is 1. The van der Waals surface area contributed by atoms with Crippen molar-refractivity contribution in [3.8, 4) is 0 Å². The van der Waals surface area contributed by atoms with Crippen LogP contribution in [-0.2, 0) is 4.74 Å². The van der Waals surface area contributed by atoms with Crippen LogP contribution in [0.4, 0.5) is 28.8 Å². The second kappa shape index (κ2) is 29.6. The average molecular weight is 414 g/mol. The fourth-order valence-electron chi connectivity index (χ4n) is 0.202. The third-order valence-corrected chi connectivity index (χ3v) is 0.337. The normalized spacial score (nSPS) is 6.78. The summed E-state index contributed by atoms with van der Waals surface area (Å²) in [7, 11) is 0. The molecule has 162 valence electrons. The zero-order valence-corrected chi connectivity index (χ0v) is 13.4. The van der Waals surface area contributed by atoms with E-state index in [0.717, 1.165) is 0 Å². The first-order chi connectivity index (χ1) is 11.8. The minimum Gasteiger partial charge on any atom is -0.450 e. The topological polar surface area (TPSA) is 334 Å². The average Bonchev–Trinajstić information content (AvgIpc) is 2.21. The lowest BCUT2D eigenvalue weighted by Crippen LogP contribution is -2.07. The van der Waals surface area contributed by atoms with Gasteiger partial charge >= 0.3 is 36.9 Å². The van der Waals surface area contributed by atoms with Crippen LogP contribution < -0.4 is 0 Å². The molecule has 0 aromatic heterocycles. The van der Waals surface area contributed by atoms with Gasteiger partial charge in [-0.2, -0.15) is 0 Å². The Bertz CT molecular complexity index is 335. The molecule has 0 fully saturated rings. The molecule has 18 heteroatoms. The first kappa shape index (κ1) is 38.3. The number of ether oxygens (including phenoxy) is 1. The summed E-state index contributed by atoms with van der Waals surface area (Å²) < 4.78 is 4.17. The van der Waals surface area contributed by atoms with Crippen LogP contribution in [0.25, 0.3) is 0 Å². The highest BCUT2D eigenvalue weighted by atomic mass is 16.7. The van der Waals surface area contributed by atoms with E-state index < -0.39 is 36.9 Å². The van der Waals surface area contributed by atoms with Crippen molar-refractivity contribution >= 4 is 36.9 Å². The molecule has 0 saturated carbocycles. The van der Waals surface area contributed by atoms with E-state index >= 15 is 0 Å². The van der Waals surface area contributed by atoms with E-state index in [1.54, 1.807) is 13.8 Å². The number of carboxylic acid groups (broad SMARTS) is 11. The van der Waals surface area contributed by atoms with Crippen molar-refractivity contribution in [1.29, 1.82) is 0 Å². The van der Waals surface area contributed by atoms with Crippen molar-refractivity contribution in [1.82, 2.24) is 0 Å². The lowest BCUT2D eigenvalue weighted by atomic mass is 10.5. The molecule has 0 spiro atoms. The SMILES string of the molecule is CC(C)OC(=O)O.O=C(O)O.O=C(O)O.O=C(O)O.O=C(O)O.O=C(O)O. The molecule has 0 aliphatic rings. The van der Waals surface area contributed by atoms with Crippen LogP contribution in [0.3, 0.4) is 0 Å². The van der Waals surface area contributed by atoms with Crippen molar-refractivity contribution in [2.24, 2.45) is 0 Å². The van der Waals surface area contributed by atoms with Gasteiger partial charge in [-0.3, -0.25) is 0 Å². The van der Waals surface area contributed by atoms with Crippen LogP contribution in [0.15, 0.2) is 0 Å². The Morgan fingerprint density at radius 3 is 0.593 bits per heavy atom. The van der Waals surface area contributed by atoms with E-state index in [-0.39, 0.29) is 6.10 Å². The van der Waals surface area contributed by atoms with Gasteiger partial charge in [0.15, 0.2) is 0 Å². The second-order valence-corrected chi connectivity index (χ2v) is 2.85. The molecule has 0 rings (SSSR count). The first-order valence-electron chi connectivity index (χ1n) is 5.28. The largest absolute Gasteiger partial charge is 0.506 e. The smallest absolute Gasteiger partial charge is 0.450 e. The summed E-state index contributed by atoms with van der Waals surface area (Å²) in [5.74, 6) is 0. The summed E-state index contributed by atoms with van der Waals surface area (Å²) in [6, 6.07) is 0. The van der Waals surface area contributed by atoms with Crippen LogP contribution >= 0.6 is 0 Å². The zero-order valence-electron chi connectivity index (χ0n) is 13.4. The highest BCUT2D eigenvalue weighted by Crippen LogP contribution is 1.85. The molecule has 0 amide bonds. The second-order valence-electron chi connectivity index (χ2n) is 2.85. The summed E-state index contributed by atoms with van der Waals surface area (Å²) >= 11 is 0. The standard InChI is InChI=1S/C4H8O3.5CH2O3/c1-3(2)7-4(5)6;5*2-1(3)4/h3H,1-2H3,(H,5,6);5*(H2,2,3,4). The third kappa shape index (κ3) is 57600. The number of hydrogen-bond acceptors (Lipinski definition) is 7. The quantitative estimate of drug-likeness (QED) is 0.273. The van der Waals surface area contributed by atoms with Gasteiger partial charge in [0, 0.05) is 0 Å². The minimum absolute atomic E-state index is 0.225. The summed E-state index contributed by atoms with van der Waals surface area (Å²) in [5, 5.41) is 77.6. The van der Waals surface area contributed by atoms with Crippen LogP contribution in [0.1, 0.15) is 13.8 Å². The lowest BCUT2D eigenvalue weighted by molar-refractivity contribution is 0.0658. The van der Waals surface area contributed by atoms with Gasteiger partial charge in [-0.1, -0.05) is 0 Å².